The largest absolute Gasteiger partial charge is 0.379 e. The number of benzene rings is 1. The average Bonchev–Trinajstić information content (AvgIpc) is 2.74. The van der Waals surface area contributed by atoms with E-state index in [1.165, 1.54) is 0 Å². The molecule has 0 radical (unpaired) electrons. The average molecular weight is 220 g/mol. The van der Waals surface area contributed by atoms with Gasteiger partial charge in [-0.15, -0.1) is 0 Å². The summed E-state index contributed by atoms with van der Waals surface area (Å²) in [6, 6.07) is 9.52. The lowest BCUT2D eigenvalue weighted by molar-refractivity contribution is -0.123. The van der Waals surface area contributed by atoms with Crippen LogP contribution in [0.2, 0.25) is 0 Å². The van der Waals surface area contributed by atoms with Gasteiger partial charge >= 0.3 is 0 Å². The molecule has 2 unspecified atom stereocenters. The van der Waals surface area contributed by atoms with E-state index in [-0.39, 0.29) is 11.9 Å². The minimum Gasteiger partial charge on any atom is -0.379 e. The molecule has 4 nitrogen and oxygen atoms in total. The van der Waals surface area contributed by atoms with Crippen LogP contribution in [0.15, 0.2) is 30.3 Å². The fourth-order valence-electron chi connectivity index (χ4n) is 1.84. The molecular formula is C12H16N2O2. The highest BCUT2D eigenvalue weighted by Gasteiger charge is 2.27. The van der Waals surface area contributed by atoms with E-state index in [2.05, 4.69) is 10.6 Å². The van der Waals surface area contributed by atoms with Crippen molar-refractivity contribution in [1.82, 2.24) is 10.6 Å². The summed E-state index contributed by atoms with van der Waals surface area (Å²) in [7, 11) is 0. The summed E-state index contributed by atoms with van der Waals surface area (Å²) in [5, 5.41) is 14.9. The van der Waals surface area contributed by atoms with E-state index in [0.717, 1.165) is 5.56 Å². The summed E-state index contributed by atoms with van der Waals surface area (Å²) in [6.07, 6.45) is 0.804. The highest BCUT2D eigenvalue weighted by Crippen LogP contribution is 2.10. The van der Waals surface area contributed by atoms with Gasteiger partial charge in [-0.05, 0) is 18.4 Å². The maximum absolute atomic E-state index is 11.7. The second-order valence-corrected chi connectivity index (χ2v) is 4.02. The van der Waals surface area contributed by atoms with E-state index in [4.69, 9.17) is 0 Å². The van der Waals surface area contributed by atoms with Gasteiger partial charge in [0.25, 0.3) is 0 Å². The molecule has 1 aromatic carbocycles. The van der Waals surface area contributed by atoms with Crippen LogP contribution in [0, 0.1) is 0 Å². The zero-order valence-corrected chi connectivity index (χ0v) is 9.02. The van der Waals surface area contributed by atoms with E-state index in [9.17, 15) is 9.90 Å². The Kier molecular flexibility index (Phi) is 3.54. The van der Waals surface area contributed by atoms with Crippen molar-refractivity contribution in [2.24, 2.45) is 0 Å². The fourth-order valence-corrected chi connectivity index (χ4v) is 1.84. The highest BCUT2D eigenvalue weighted by molar-refractivity contribution is 5.82. The van der Waals surface area contributed by atoms with Gasteiger partial charge in [0, 0.05) is 6.54 Å². The summed E-state index contributed by atoms with van der Waals surface area (Å²) in [5.74, 6) is -0.0413. The Morgan fingerprint density at radius 1 is 1.38 bits per heavy atom. The monoisotopic (exact) mass is 220 g/mol. The normalized spacial score (nSPS) is 24.3. The predicted molar refractivity (Wildman–Crippen MR) is 60.5 cm³/mol. The Balaban J connectivity index is 1.80. The van der Waals surface area contributed by atoms with Gasteiger partial charge in [0.05, 0.1) is 6.04 Å². The van der Waals surface area contributed by atoms with Crippen LogP contribution in [-0.2, 0) is 11.3 Å². The maximum atomic E-state index is 11.7. The first kappa shape index (κ1) is 11.1. The first-order valence-electron chi connectivity index (χ1n) is 5.51. The lowest BCUT2D eigenvalue weighted by atomic mass is 10.2. The van der Waals surface area contributed by atoms with Gasteiger partial charge in [0.15, 0.2) is 0 Å². The standard InChI is InChI=1S/C12H16N2O2/c15-11-7-6-10(14-11)12(16)13-8-9-4-2-1-3-5-9/h1-5,10-11,14-15H,6-8H2,(H,13,16). The van der Waals surface area contributed by atoms with Gasteiger partial charge in [-0.25, -0.2) is 0 Å². The Morgan fingerprint density at radius 3 is 2.75 bits per heavy atom. The zero-order chi connectivity index (χ0) is 11.4. The number of amides is 1. The van der Waals surface area contributed by atoms with Crippen molar-refractivity contribution in [3.63, 3.8) is 0 Å². The van der Waals surface area contributed by atoms with Crippen LogP contribution in [0.4, 0.5) is 0 Å². The van der Waals surface area contributed by atoms with Crippen molar-refractivity contribution in [2.75, 3.05) is 0 Å². The van der Waals surface area contributed by atoms with Crippen molar-refractivity contribution >= 4 is 5.91 Å². The second-order valence-electron chi connectivity index (χ2n) is 4.02. The summed E-state index contributed by atoms with van der Waals surface area (Å²) in [5.41, 5.74) is 1.08. The number of hydrogen-bond donors (Lipinski definition) is 3. The van der Waals surface area contributed by atoms with E-state index < -0.39 is 6.23 Å². The molecule has 2 rings (SSSR count). The van der Waals surface area contributed by atoms with Crippen LogP contribution >= 0.6 is 0 Å². The van der Waals surface area contributed by atoms with Gasteiger partial charge < -0.3 is 10.4 Å². The van der Waals surface area contributed by atoms with E-state index in [0.29, 0.717) is 19.4 Å². The molecule has 1 heterocycles. The third kappa shape index (κ3) is 2.81. The van der Waals surface area contributed by atoms with Crippen LogP contribution in [0.1, 0.15) is 18.4 Å². The van der Waals surface area contributed by atoms with Gasteiger partial charge in [-0.3, -0.25) is 10.1 Å². The fraction of sp³-hybridized carbons (Fsp3) is 0.417. The molecule has 0 aromatic heterocycles. The van der Waals surface area contributed by atoms with Gasteiger partial charge in [0.1, 0.15) is 6.23 Å². The molecule has 0 bridgehead atoms. The molecular weight excluding hydrogens is 204 g/mol. The lowest BCUT2D eigenvalue weighted by Crippen LogP contribution is -2.42. The number of aliphatic hydroxyl groups excluding tert-OH is 1. The first-order valence-corrected chi connectivity index (χ1v) is 5.51. The van der Waals surface area contributed by atoms with Crippen LogP contribution in [0.5, 0.6) is 0 Å². The molecule has 0 aliphatic carbocycles. The van der Waals surface area contributed by atoms with Crippen molar-refractivity contribution in [1.29, 1.82) is 0 Å². The molecule has 1 amide bonds. The SMILES string of the molecule is O=C(NCc1ccccc1)C1CCC(O)N1. The highest BCUT2D eigenvalue weighted by atomic mass is 16.3. The van der Waals surface area contributed by atoms with Crippen LogP contribution in [0.3, 0.4) is 0 Å². The predicted octanol–water partition coefficient (Wildman–Crippen LogP) is 0.373. The van der Waals surface area contributed by atoms with E-state index in [1.54, 1.807) is 0 Å². The molecule has 86 valence electrons. The van der Waals surface area contributed by atoms with Crippen LogP contribution < -0.4 is 10.6 Å². The van der Waals surface area contributed by atoms with Crippen molar-refractivity contribution in [3.05, 3.63) is 35.9 Å². The number of hydrogen-bond acceptors (Lipinski definition) is 3. The summed E-state index contributed by atoms with van der Waals surface area (Å²) >= 11 is 0. The number of nitrogens with one attached hydrogen (secondary N) is 2. The molecule has 3 N–H and O–H groups in total. The number of rotatable bonds is 3. The summed E-state index contributed by atoms with van der Waals surface area (Å²) in [4.78, 5) is 11.7. The summed E-state index contributed by atoms with van der Waals surface area (Å²) in [6.45, 7) is 0.536. The van der Waals surface area contributed by atoms with Crippen LogP contribution in [0.25, 0.3) is 0 Å². The van der Waals surface area contributed by atoms with Crippen molar-refractivity contribution in [2.45, 2.75) is 31.7 Å². The molecule has 1 saturated heterocycles. The summed E-state index contributed by atoms with van der Waals surface area (Å²) < 4.78 is 0. The number of carbonyl (C=O) groups excluding carboxylic acids is 1. The number of aliphatic hydroxyl groups is 1. The molecule has 4 heteroatoms. The third-order valence-corrected chi connectivity index (χ3v) is 2.75. The van der Waals surface area contributed by atoms with Gasteiger partial charge in [-0.2, -0.15) is 0 Å². The molecule has 1 aromatic rings. The molecule has 0 saturated carbocycles. The Morgan fingerprint density at radius 2 is 2.12 bits per heavy atom. The molecule has 2 atom stereocenters. The second kappa shape index (κ2) is 5.09. The first-order chi connectivity index (χ1) is 7.75. The van der Waals surface area contributed by atoms with Gasteiger partial charge in [-0.1, -0.05) is 30.3 Å². The van der Waals surface area contributed by atoms with E-state index >= 15 is 0 Å². The molecule has 1 fully saturated rings. The minimum absolute atomic E-state index is 0.0413. The molecule has 1 aliphatic heterocycles. The maximum Gasteiger partial charge on any atom is 0.237 e. The Labute approximate surface area is 94.7 Å². The third-order valence-electron chi connectivity index (χ3n) is 2.75. The topological polar surface area (TPSA) is 61.4 Å². The van der Waals surface area contributed by atoms with Crippen molar-refractivity contribution in [3.8, 4) is 0 Å². The minimum atomic E-state index is -0.535. The quantitative estimate of drug-likeness (QED) is 0.690. The van der Waals surface area contributed by atoms with E-state index in [1.807, 2.05) is 30.3 Å². The molecule has 1 aliphatic rings. The smallest absolute Gasteiger partial charge is 0.237 e. The zero-order valence-electron chi connectivity index (χ0n) is 9.02. The molecule has 0 spiro atoms. The lowest BCUT2D eigenvalue weighted by Gasteiger charge is -2.11. The number of carbonyl (C=O) groups is 1. The van der Waals surface area contributed by atoms with Crippen molar-refractivity contribution < 1.29 is 9.90 Å². The van der Waals surface area contributed by atoms with Gasteiger partial charge in [0.2, 0.25) is 5.91 Å². The Bertz CT molecular complexity index is 353. The molecule has 16 heavy (non-hydrogen) atoms. The van der Waals surface area contributed by atoms with Crippen LogP contribution in [-0.4, -0.2) is 23.3 Å². The Hall–Kier alpha value is -1.39.